The van der Waals surface area contributed by atoms with E-state index >= 15 is 0 Å². The first-order chi connectivity index (χ1) is 13.0. The predicted molar refractivity (Wildman–Crippen MR) is 109 cm³/mol. The third-order valence-electron chi connectivity index (χ3n) is 4.85. The van der Waals surface area contributed by atoms with Gasteiger partial charge in [-0.05, 0) is 67.9 Å². The van der Waals surface area contributed by atoms with Gasteiger partial charge in [-0.2, -0.15) is 0 Å². The Labute approximate surface area is 167 Å². The molecule has 2 aromatic carbocycles. The summed E-state index contributed by atoms with van der Waals surface area (Å²) in [5.74, 6) is -0.318. The van der Waals surface area contributed by atoms with E-state index in [1.807, 2.05) is 0 Å². The van der Waals surface area contributed by atoms with Crippen molar-refractivity contribution in [3.8, 4) is 0 Å². The van der Waals surface area contributed by atoms with Crippen molar-refractivity contribution in [2.75, 3.05) is 25.5 Å². The molecule has 0 spiro atoms. The molecule has 27 heavy (non-hydrogen) atoms. The van der Waals surface area contributed by atoms with Gasteiger partial charge in [-0.1, -0.05) is 28.1 Å². The monoisotopic (exact) mass is 430 g/mol. The van der Waals surface area contributed by atoms with Crippen molar-refractivity contribution in [2.45, 2.75) is 19.4 Å². The Hall–Kier alpha value is -2.18. The number of hydrogen-bond acceptors (Lipinski definition) is 4. The number of ether oxygens (including phenoxy) is 1. The molecule has 1 amide bonds. The van der Waals surface area contributed by atoms with Crippen LogP contribution in [0.25, 0.3) is 0 Å². The lowest BCUT2D eigenvalue weighted by molar-refractivity contribution is -0.121. The number of carbonyl (C=O) groups excluding carboxylic acids is 2. The minimum atomic E-state index is -0.383. The van der Waals surface area contributed by atoms with Crippen LogP contribution in [-0.2, 0) is 16.1 Å². The summed E-state index contributed by atoms with van der Waals surface area (Å²) in [5.41, 5.74) is 2.45. The maximum atomic E-state index is 12.5. The molecule has 0 aromatic heterocycles. The van der Waals surface area contributed by atoms with E-state index in [-0.39, 0.29) is 17.8 Å². The average Bonchev–Trinajstić information content (AvgIpc) is 2.70. The van der Waals surface area contributed by atoms with E-state index in [2.05, 4.69) is 55.1 Å². The molecule has 1 aliphatic rings. The number of piperidine rings is 1. The lowest BCUT2D eigenvalue weighted by Crippen LogP contribution is -2.37. The minimum Gasteiger partial charge on any atom is -0.465 e. The Morgan fingerprint density at radius 1 is 1.07 bits per heavy atom. The molecule has 0 atom stereocenters. The van der Waals surface area contributed by atoms with Crippen LogP contribution in [0.4, 0.5) is 5.69 Å². The van der Waals surface area contributed by atoms with Crippen molar-refractivity contribution >= 4 is 33.5 Å². The second kappa shape index (κ2) is 9.15. The first kappa shape index (κ1) is 19.6. The number of carbonyl (C=O) groups is 2. The summed E-state index contributed by atoms with van der Waals surface area (Å²) in [6.07, 6.45) is 1.70. The van der Waals surface area contributed by atoms with E-state index < -0.39 is 0 Å². The summed E-state index contributed by atoms with van der Waals surface area (Å²) in [6, 6.07) is 15.1. The second-order valence-electron chi connectivity index (χ2n) is 6.74. The number of nitrogens with zero attached hydrogens (tertiary/aromatic N) is 1. The fourth-order valence-electron chi connectivity index (χ4n) is 3.25. The van der Waals surface area contributed by atoms with E-state index in [0.29, 0.717) is 11.3 Å². The van der Waals surface area contributed by atoms with E-state index in [0.717, 1.165) is 36.9 Å². The first-order valence-corrected chi connectivity index (χ1v) is 9.80. The summed E-state index contributed by atoms with van der Waals surface area (Å²) in [7, 11) is 1.35. The SMILES string of the molecule is COC(=O)c1ccc(NC(=O)C2CCN(Cc3ccc(Br)cc3)CC2)cc1. The number of nitrogens with one attached hydrogen (secondary N) is 1. The fourth-order valence-corrected chi connectivity index (χ4v) is 3.52. The highest BCUT2D eigenvalue weighted by Crippen LogP contribution is 2.22. The average molecular weight is 431 g/mol. The second-order valence-corrected chi connectivity index (χ2v) is 7.65. The zero-order valence-corrected chi connectivity index (χ0v) is 16.9. The first-order valence-electron chi connectivity index (χ1n) is 9.01. The Kier molecular flexibility index (Phi) is 6.63. The standard InChI is InChI=1S/C21H23BrN2O3/c1-27-21(26)17-4-8-19(9-5-17)23-20(25)16-10-12-24(13-11-16)14-15-2-6-18(22)7-3-15/h2-9,16H,10-14H2,1H3,(H,23,25). The highest BCUT2D eigenvalue weighted by molar-refractivity contribution is 9.10. The topological polar surface area (TPSA) is 58.6 Å². The van der Waals surface area contributed by atoms with Gasteiger partial charge in [0.15, 0.2) is 0 Å². The van der Waals surface area contributed by atoms with Crippen molar-refractivity contribution in [2.24, 2.45) is 5.92 Å². The van der Waals surface area contributed by atoms with Gasteiger partial charge < -0.3 is 10.1 Å². The van der Waals surface area contributed by atoms with Crippen molar-refractivity contribution in [1.29, 1.82) is 0 Å². The number of hydrogen-bond donors (Lipinski definition) is 1. The molecule has 142 valence electrons. The zero-order valence-electron chi connectivity index (χ0n) is 15.3. The van der Waals surface area contributed by atoms with Crippen LogP contribution in [0.5, 0.6) is 0 Å². The van der Waals surface area contributed by atoms with Crippen molar-refractivity contribution < 1.29 is 14.3 Å². The third kappa shape index (κ3) is 5.40. The molecule has 1 aliphatic heterocycles. The number of esters is 1. The maximum Gasteiger partial charge on any atom is 0.337 e. The quantitative estimate of drug-likeness (QED) is 0.725. The van der Waals surface area contributed by atoms with Gasteiger partial charge >= 0.3 is 5.97 Å². The Morgan fingerprint density at radius 3 is 2.30 bits per heavy atom. The van der Waals surface area contributed by atoms with Crippen LogP contribution in [0.1, 0.15) is 28.8 Å². The molecule has 0 unspecified atom stereocenters. The van der Waals surface area contributed by atoms with E-state index in [4.69, 9.17) is 0 Å². The number of anilines is 1. The van der Waals surface area contributed by atoms with Crippen LogP contribution in [0.3, 0.4) is 0 Å². The van der Waals surface area contributed by atoms with Crippen LogP contribution < -0.4 is 5.32 Å². The van der Waals surface area contributed by atoms with Crippen LogP contribution in [0.2, 0.25) is 0 Å². The lowest BCUT2D eigenvalue weighted by Gasteiger charge is -2.31. The molecule has 1 N–H and O–H groups in total. The maximum absolute atomic E-state index is 12.5. The van der Waals surface area contributed by atoms with Gasteiger partial charge in [-0.25, -0.2) is 4.79 Å². The molecule has 1 fully saturated rings. The largest absolute Gasteiger partial charge is 0.465 e. The number of rotatable bonds is 5. The molecule has 6 heteroatoms. The molecular weight excluding hydrogens is 408 g/mol. The molecule has 3 rings (SSSR count). The molecular formula is C21H23BrN2O3. The lowest BCUT2D eigenvalue weighted by atomic mass is 9.95. The van der Waals surface area contributed by atoms with E-state index in [9.17, 15) is 9.59 Å². The number of likely N-dealkylation sites (tertiary alicyclic amines) is 1. The molecule has 1 saturated heterocycles. The number of benzene rings is 2. The summed E-state index contributed by atoms with van der Waals surface area (Å²) in [6.45, 7) is 2.74. The molecule has 5 nitrogen and oxygen atoms in total. The highest BCUT2D eigenvalue weighted by Gasteiger charge is 2.25. The van der Waals surface area contributed by atoms with Gasteiger partial charge in [0.2, 0.25) is 5.91 Å². The van der Waals surface area contributed by atoms with Crippen molar-refractivity contribution in [3.63, 3.8) is 0 Å². The Balaban J connectivity index is 1.48. The van der Waals surface area contributed by atoms with Crippen LogP contribution >= 0.6 is 15.9 Å². The smallest absolute Gasteiger partial charge is 0.337 e. The Bertz CT molecular complexity index is 782. The summed E-state index contributed by atoms with van der Waals surface area (Å²) in [4.78, 5) is 26.4. The van der Waals surface area contributed by atoms with Crippen LogP contribution in [0.15, 0.2) is 53.0 Å². The van der Waals surface area contributed by atoms with Crippen molar-refractivity contribution in [1.82, 2.24) is 4.90 Å². The molecule has 0 radical (unpaired) electrons. The van der Waals surface area contributed by atoms with Crippen molar-refractivity contribution in [3.05, 3.63) is 64.1 Å². The molecule has 1 heterocycles. The summed E-state index contributed by atoms with van der Waals surface area (Å²) < 4.78 is 5.76. The number of methoxy groups -OCH3 is 1. The molecule has 0 bridgehead atoms. The highest BCUT2D eigenvalue weighted by atomic mass is 79.9. The molecule has 0 saturated carbocycles. The fraction of sp³-hybridized carbons (Fsp3) is 0.333. The van der Waals surface area contributed by atoms with Gasteiger partial charge in [0.25, 0.3) is 0 Å². The summed E-state index contributed by atoms with van der Waals surface area (Å²) in [5, 5.41) is 2.95. The van der Waals surface area contributed by atoms with Gasteiger partial charge in [-0.15, -0.1) is 0 Å². The van der Waals surface area contributed by atoms with Crippen LogP contribution in [0, 0.1) is 5.92 Å². The minimum absolute atomic E-state index is 0.0199. The predicted octanol–water partition coefficient (Wildman–Crippen LogP) is 4.09. The van der Waals surface area contributed by atoms with E-state index in [1.54, 1.807) is 24.3 Å². The Morgan fingerprint density at radius 2 is 1.70 bits per heavy atom. The molecule has 2 aromatic rings. The van der Waals surface area contributed by atoms with Gasteiger partial charge in [-0.3, -0.25) is 9.69 Å². The van der Waals surface area contributed by atoms with Gasteiger partial charge in [0, 0.05) is 22.6 Å². The zero-order chi connectivity index (χ0) is 19.2. The summed E-state index contributed by atoms with van der Waals surface area (Å²) >= 11 is 3.46. The van der Waals surface area contributed by atoms with Gasteiger partial charge in [0.1, 0.15) is 0 Å². The molecule has 0 aliphatic carbocycles. The number of halogens is 1. The third-order valence-corrected chi connectivity index (χ3v) is 5.38. The number of amides is 1. The van der Waals surface area contributed by atoms with E-state index in [1.165, 1.54) is 12.7 Å². The van der Waals surface area contributed by atoms with Gasteiger partial charge in [0.05, 0.1) is 12.7 Å². The van der Waals surface area contributed by atoms with Crippen LogP contribution in [-0.4, -0.2) is 37.0 Å². The normalized spacial score (nSPS) is 15.3.